The van der Waals surface area contributed by atoms with E-state index < -0.39 is 0 Å². The zero-order chi connectivity index (χ0) is 12.8. The van der Waals surface area contributed by atoms with Crippen molar-refractivity contribution >= 4 is 11.6 Å². The van der Waals surface area contributed by atoms with E-state index in [0.717, 1.165) is 12.2 Å². The fourth-order valence-corrected chi connectivity index (χ4v) is 1.46. The van der Waals surface area contributed by atoms with Crippen molar-refractivity contribution in [2.45, 2.75) is 13.5 Å². The quantitative estimate of drug-likeness (QED) is 0.834. The molecule has 1 amide bonds. The van der Waals surface area contributed by atoms with Crippen LogP contribution in [0.2, 0.25) is 0 Å². The molecule has 2 rings (SSSR count). The Morgan fingerprint density at radius 3 is 3.06 bits per heavy atom. The maximum Gasteiger partial charge on any atom is 0.270 e. The highest BCUT2D eigenvalue weighted by Gasteiger charge is 2.08. The summed E-state index contributed by atoms with van der Waals surface area (Å²) < 4.78 is 4.68. The zero-order valence-electron chi connectivity index (χ0n) is 10.0. The van der Waals surface area contributed by atoms with Gasteiger partial charge in [0.2, 0.25) is 0 Å². The molecule has 0 aliphatic rings. The van der Waals surface area contributed by atoms with Crippen LogP contribution in [0.3, 0.4) is 0 Å². The molecule has 0 atom stereocenters. The Labute approximate surface area is 104 Å². The van der Waals surface area contributed by atoms with Crippen molar-refractivity contribution in [1.29, 1.82) is 0 Å². The molecule has 0 aromatic carbocycles. The van der Waals surface area contributed by atoms with Crippen LogP contribution in [0.1, 0.15) is 23.1 Å². The Bertz CT molecular complexity index is 511. The third-order valence-electron chi connectivity index (χ3n) is 2.29. The van der Waals surface area contributed by atoms with Gasteiger partial charge in [0, 0.05) is 24.5 Å². The fraction of sp³-hybridized carbons (Fsp3) is 0.250. The highest BCUT2D eigenvalue weighted by Crippen LogP contribution is 2.07. The number of nitrogens with zero attached hydrogens (tertiary/aromatic N) is 2. The number of amides is 1. The lowest BCUT2D eigenvalue weighted by molar-refractivity contribution is 0.0945. The third-order valence-corrected chi connectivity index (χ3v) is 2.29. The summed E-state index contributed by atoms with van der Waals surface area (Å²) in [5, 5.41) is 9.55. The van der Waals surface area contributed by atoms with Gasteiger partial charge >= 0.3 is 0 Å². The van der Waals surface area contributed by atoms with Gasteiger partial charge in [-0.2, -0.15) is 0 Å². The molecule has 2 heterocycles. The van der Waals surface area contributed by atoms with Crippen LogP contribution in [-0.4, -0.2) is 22.6 Å². The van der Waals surface area contributed by atoms with Crippen molar-refractivity contribution in [2.75, 3.05) is 11.9 Å². The monoisotopic (exact) mass is 246 g/mol. The molecule has 0 spiro atoms. The molecule has 2 N–H and O–H groups in total. The average Bonchev–Trinajstić information content (AvgIpc) is 2.90. The molecule has 0 bridgehead atoms. The van der Waals surface area contributed by atoms with Crippen molar-refractivity contribution in [3.05, 3.63) is 42.0 Å². The molecule has 0 saturated heterocycles. The Morgan fingerprint density at radius 2 is 2.33 bits per heavy atom. The number of nitrogens with one attached hydrogen (secondary N) is 2. The van der Waals surface area contributed by atoms with Gasteiger partial charge in [-0.15, -0.1) is 0 Å². The molecule has 2 aromatic heterocycles. The first-order valence-electron chi connectivity index (χ1n) is 5.67. The van der Waals surface area contributed by atoms with Gasteiger partial charge in [-0.25, -0.2) is 0 Å². The van der Waals surface area contributed by atoms with Crippen LogP contribution in [0.25, 0.3) is 0 Å². The fourth-order valence-electron chi connectivity index (χ4n) is 1.46. The van der Waals surface area contributed by atoms with Gasteiger partial charge in [0.05, 0.1) is 6.54 Å². The molecule has 6 nitrogen and oxygen atoms in total. The molecular formula is C12H14N4O2. The first-order chi connectivity index (χ1) is 8.79. The van der Waals surface area contributed by atoms with Gasteiger partial charge in [-0.05, 0) is 19.1 Å². The Kier molecular flexibility index (Phi) is 3.90. The Balaban J connectivity index is 1.97. The van der Waals surface area contributed by atoms with E-state index in [0.29, 0.717) is 17.9 Å². The molecule has 0 aliphatic carbocycles. The standard InChI is InChI=1S/C12H14N4O2/c1-2-13-9-3-5-14-11(7-9)12(17)15-8-10-4-6-18-16-10/h3-7H,2,8H2,1H3,(H,13,14)(H,15,17). The van der Waals surface area contributed by atoms with E-state index in [1.807, 2.05) is 13.0 Å². The smallest absolute Gasteiger partial charge is 0.270 e. The summed E-state index contributed by atoms with van der Waals surface area (Å²) in [7, 11) is 0. The predicted molar refractivity (Wildman–Crippen MR) is 66.1 cm³/mol. The summed E-state index contributed by atoms with van der Waals surface area (Å²) in [6, 6.07) is 5.22. The van der Waals surface area contributed by atoms with E-state index in [1.54, 1.807) is 18.3 Å². The van der Waals surface area contributed by atoms with Gasteiger partial charge in [0.25, 0.3) is 5.91 Å². The van der Waals surface area contributed by atoms with Crippen LogP contribution < -0.4 is 10.6 Å². The SMILES string of the molecule is CCNc1ccnc(C(=O)NCc2ccon2)c1. The van der Waals surface area contributed by atoms with Crippen LogP contribution in [0.5, 0.6) is 0 Å². The molecule has 6 heteroatoms. The number of hydrogen-bond acceptors (Lipinski definition) is 5. The van der Waals surface area contributed by atoms with Crippen LogP contribution in [0, 0.1) is 0 Å². The second-order valence-electron chi connectivity index (χ2n) is 3.63. The van der Waals surface area contributed by atoms with Crippen LogP contribution >= 0.6 is 0 Å². The third kappa shape index (κ3) is 3.07. The lowest BCUT2D eigenvalue weighted by Crippen LogP contribution is -2.24. The van der Waals surface area contributed by atoms with Crippen LogP contribution in [-0.2, 0) is 6.54 Å². The second kappa shape index (κ2) is 5.81. The normalized spacial score (nSPS) is 10.1. The van der Waals surface area contributed by atoms with E-state index in [-0.39, 0.29) is 5.91 Å². The van der Waals surface area contributed by atoms with Gasteiger partial charge in [-0.1, -0.05) is 5.16 Å². The minimum Gasteiger partial charge on any atom is -0.385 e. The summed E-state index contributed by atoms with van der Waals surface area (Å²) in [5.74, 6) is -0.238. The van der Waals surface area contributed by atoms with Crippen LogP contribution in [0.4, 0.5) is 5.69 Å². The minimum atomic E-state index is -0.238. The molecule has 0 aliphatic heterocycles. The number of carbonyl (C=O) groups excluding carboxylic acids is 1. The van der Waals surface area contributed by atoms with E-state index >= 15 is 0 Å². The number of aromatic nitrogens is 2. The summed E-state index contributed by atoms with van der Waals surface area (Å²) >= 11 is 0. The second-order valence-corrected chi connectivity index (χ2v) is 3.63. The molecular weight excluding hydrogens is 232 g/mol. The molecule has 94 valence electrons. The first-order valence-corrected chi connectivity index (χ1v) is 5.67. The number of rotatable bonds is 5. The molecule has 18 heavy (non-hydrogen) atoms. The highest BCUT2D eigenvalue weighted by molar-refractivity contribution is 5.93. The number of hydrogen-bond donors (Lipinski definition) is 2. The largest absolute Gasteiger partial charge is 0.385 e. The lowest BCUT2D eigenvalue weighted by Gasteiger charge is -2.05. The van der Waals surface area contributed by atoms with Crippen molar-refractivity contribution < 1.29 is 9.32 Å². The molecule has 0 radical (unpaired) electrons. The van der Waals surface area contributed by atoms with Gasteiger partial charge < -0.3 is 15.2 Å². The molecule has 0 unspecified atom stereocenters. The number of carbonyl (C=O) groups is 1. The summed E-state index contributed by atoms with van der Waals surface area (Å²) in [4.78, 5) is 15.9. The van der Waals surface area contributed by atoms with Gasteiger partial charge in [-0.3, -0.25) is 9.78 Å². The summed E-state index contributed by atoms with van der Waals surface area (Å²) in [6.07, 6.45) is 3.06. The van der Waals surface area contributed by atoms with Gasteiger partial charge in [0.15, 0.2) is 0 Å². The summed E-state index contributed by atoms with van der Waals surface area (Å²) in [6.45, 7) is 3.11. The first kappa shape index (κ1) is 12.1. The highest BCUT2D eigenvalue weighted by atomic mass is 16.5. The van der Waals surface area contributed by atoms with E-state index in [1.165, 1.54) is 6.26 Å². The zero-order valence-corrected chi connectivity index (χ0v) is 10.0. The van der Waals surface area contributed by atoms with E-state index in [9.17, 15) is 4.79 Å². The molecule has 0 saturated carbocycles. The van der Waals surface area contributed by atoms with Crippen molar-refractivity contribution in [2.24, 2.45) is 0 Å². The number of anilines is 1. The maximum absolute atomic E-state index is 11.8. The van der Waals surface area contributed by atoms with Crippen molar-refractivity contribution in [3.63, 3.8) is 0 Å². The lowest BCUT2D eigenvalue weighted by atomic mass is 10.3. The minimum absolute atomic E-state index is 0.238. The van der Waals surface area contributed by atoms with Gasteiger partial charge in [0.1, 0.15) is 17.7 Å². The van der Waals surface area contributed by atoms with E-state index in [2.05, 4.69) is 25.3 Å². The number of pyridine rings is 1. The van der Waals surface area contributed by atoms with E-state index in [4.69, 9.17) is 0 Å². The average molecular weight is 246 g/mol. The molecule has 2 aromatic rings. The maximum atomic E-state index is 11.8. The molecule has 0 fully saturated rings. The Morgan fingerprint density at radius 1 is 1.44 bits per heavy atom. The van der Waals surface area contributed by atoms with Crippen molar-refractivity contribution in [1.82, 2.24) is 15.5 Å². The van der Waals surface area contributed by atoms with Crippen LogP contribution in [0.15, 0.2) is 35.2 Å². The predicted octanol–water partition coefficient (Wildman–Crippen LogP) is 1.43. The topological polar surface area (TPSA) is 80.0 Å². The summed E-state index contributed by atoms with van der Waals surface area (Å²) in [5.41, 5.74) is 1.92. The van der Waals surface area contributed by atoms with Crippen molar-refractivity contribution in [3.8, 4) is 0 Å². The Hall–Kier alpha value is -2.37.